The third-order valence-electron chi connectivity index (χ3n) is 0.880. The molecule has 0 aliphatic carbocycles. The van der Waals surface area contributed by atoms with Gasteiger partial charge in [-0.2, -0.15) is 0 Å². The molecule has 3 N–H and O–H groups in total. The van der Waals surface area contributed by atoms with Crippen LogP contribution in [0, 0.1) is 0 Å². The Hall–Kier alpha value is -0.480. The number of hydroxylamine groups is 1. The van der Waals surface area contributed by atoms with E-state index in [1.807, 2.05) is 12.4 Å². The van der Waals surface area contributed by atoms with Crippen molar-refractivity contribution >= 4 is 17.6 Å². The summed E-state index contributed by atoms with van der Waals surface area (Å²) in [6.07, 6.45) is 0.794. The first-order valence-electron chi connectivity index (χ1n) is 2.98. The lowest BCUT2D eigenvalue weighted by Crippen LogP contribution is -2.31. The normalized spacial score (nSPS) is 12.6. The van der Waals surface area contributed by atoms with Crippen molar-refractivity contribution in [3.63, 3.8) is 0 Å². The number of carbonyl (C=O) groups is 1. The van der Waals surface area contributed by atoms with Crippen LogP contribution in [-0.4, -0.2) is 18.0 Å². The number of nitrogens with two attached hydrogens (primary N) is 1. The van der Waals surface area contributed by atoms with Gasteiger partial charge in [0.1, 0.15) is 0 Å². The molecule has 0 spiro atoms. The van der Waals surface area contributed by atoms with Crippen molar-refractivity contribution in [1.29, 1.82) is 0 Å². The Morgan fingerprint density at radius 3 is 2.90 bits per heavy atom. The molecule has 0 rings (SSSR count). The van der Waals surface area contributed by atoms with Gasteiger partial charge >= 0.3 is 6.03 Å². The van der Waals surface area contributed by atoms with E-state index in [1.54, 1.807) is 0 Å². The van der Waals surface area contributed by atoms with E-state index in [9.17, 15) is 4.79 Å². The lowest BCUT2D eigenvalue weighted by Gasteiger charge is -2.05. The van der Waals surface area contributed by atoms with Crippen LogP contribution < -0.4 is 11.2 Å². The van der Waals surface area contributed by atoms with E-state index in [1.165, 1.54) is 0 Å². The molecule has 0 fully saturated rings. The van der Waals surface area contributed by atoms with Gasteiger partial charge in [-0.1, -0.05) is 6.92 Å². The highest BCUT2D eigenvalue weighted by Gasteiger charge is 2.00. The zero-order chi connectivity index (χ0) is 7.98. The molecule has 0 bridgehead atoms. The van der Waals surface area contributed by atoms with Crippen LogP contribution in [0.4, 0.5) is 4.79 Å². The highest BCUT2D eigenvalue weighted by Crippen LogP contribution is 1.99. The number of nitrogens with one attached hydrogen (secondary N) is 1. The second-order valence-electron chi connectivity index (χ2n) is 1.78. The minimum atomic E-state index is -0.708. The summed E-state index contributed by atoms with van der Waals surface area (Å²) in [5.41, 5.74) is 6.67. The predicted molar refractivity (Wildman–Crippen MR) is 38.6 cm³/mol. The molecule has 0 aromatic rings. The van der Waals surface area contributed by atoms with Crippen molar-refractivity contribution < 1.29 is 9.63 Å². The van der Waals surface area contributed by atoms with E-state index in [-0.39, 0.29) is 12.0 Å². The molecule has 0 aromatic carbocycles. The molecular weight excluding hydrogens is 156 g/mol. The number of rotatable bonds is 4. The monoisotopic (exact) mass is 166 g/mol. The number of primary amides is 1. The first-order chi connectivity index (χ1) is 4.66. The summed E-state index contributed by atoms with van der Waals surface area (Å²) in [5, 5.41) is -0.0770. The molecule has 5 heteroatoms. The SMILES string of the molecule is CCC(Cl)CONC(N)=O. The maximum absolute atomic E-state index is 10.0. The van der Waals surface area contributed by atoms with Gasteiger partial charge in [-0.3, -0.25) is 4.84 Å². The third-order valence-corrected chi connectivity index (χ3v) is 1.31. The Morgan fingerprint density at radius 1 is 1.90 bits per heavy atom. The van der Waals surface area contributed by atoms with Crippen molar-refractivity contribution in [2.24, 2.45) is 5.73 Å². The van der Waals surface area contributed by atoms with Crippen molar-refractivity contribution in [2.45, 2.75) is 18.7 Å². The lowest BCUT2D eigenvalue weighted by molar-refractivity contribution is 0.0641. The van der Waals surface area contributed by atoms with Gasteiger partial charge in [0.05, 0.1) is 12.0 Å². The zero-order valence-electron chi connectivity index (χ0n) is 5.76. The van der Waals surface area contributed by atoms with Gasteiger partial charge in [0, 0.05) is 0 Å². The van der Waals surface area contributed by atoms with E-state index < -0.39 is 6.03 Å². The Balaban J connectivity index is 3.11. The Bertz CT molecular complexity index is 110. The first kappa shape index (κ1) is 9.52. The number of amides is 2. The molecule has 0 aliphatic heterocycles. The molecule has 0 saturated carbocycles. The van der Waals surface area contributed by atoms with E-state index in [0.717, 1.165) is 6.42 Å². The molecule has 1 unspecified atom stereocenters. The molecule has 2 amide bonds. The van der Waals surface area contributed by atoms with E-state index in [2.05, 4.69) is 4.84 Å². The topological polar surface area (TPSA) is 64.3 Å². The van der Waals surface area contributed by atoms with Crippen molar-refractivity contribution in [2.75, 3.05) is 6.61 Å². The van der Waals surface area contributed by atoms with Crippen LogP contribution in [0.3, 0.4) is 0 Å². The van der Waals surface area contributed by atoms with Crippen LogP contribution >= 0.6 is 11.6 Å². The van der Waals surface area contributed by atoms with E-state index >= 15 is 0 Å². The molecule has 0 radical (unpaired) electrons. The summed E-state index contributed by atoms with van der Waals surface area (Å²) in [6, 6.07) is -0.708. The van der Waals surface area contributed by atoms with Gasteiger partial charge in [-0.05, 0) is 6.42 Å². The minimum Gasteiger partial charge on any atom is -0.350 e. The summed E-state index contributed by atoms with van der Waals surface area (Å²) in [7, 11) is 0. The van der Waals surface area contributed by atoms with E-state index in [4.69, 9.17) is 17.3 Å². The van der Waals surface area contributed by atoms with Crippen molar-refractivity contribution in [1.82, 2.24) is 5.48 Å². The van der Waals surface area contributed by atoms with Crippen molar-refractivity contribution in [3.8, 4) is 0 Å². The summed E-state index contributed by atoms with van der Waals surface area (Å²) in [5.74, 6) is 0. The van der Waals surface area contributed by atoms with Gasteiger partial charge in [0.15, 0.2) is 0 Å². The average molecular weight is 167 g/mol. The van der Waals surface area contributed by atoms with Crippen LogP contribution in [0.2, 0.25) is 0 Å². The molecule has 10 heavy (non-hydrogen) atoms. The number of alkyl halides is 1. The highest BCUT2D eigenvalue weighted by molar-refractivity contribution is 6.20. The van der Waals surface area contributed by atoms with Gasteiger partial charge in [-0.15, -0.1) is 11.6 Å². The fraction of sp³-hybridized carbons (Fsp3) is 0.800. The summed E-state index contributed by atoms with van der Waals surface area (Å²) < 4.78 is 0. The third kappa shape index (κ3) is 5.65. The fourth-order valence-electron chi connectivity index (χ4n) is 0.321. The molecule has 1 atom stereocenters. The summed E-state index contributed by atoms with van der Waals surface area (Å²) >= 11 is 5.63. The first-order valence-corrected chi connectivity index (χ1v) is 3.41. The van der Waals surface area contributed by atoms with Gasteiger partial charge in [0.2, 0.25) is 0 Å². The molecule has 0 aliphatic rings. The quantitative estimate of drug-likeness (QED) is 0.475. The highest BCUT2D eigenvalue weighted by atomic mass is 35.5. The largest absolute Gasteiger partial charge is 0.350 e. The molecule has 60 valence electrons. The standard InChI is InChI=1S/C5H11ClN2O2/c1-2-4(6)3-10-8-5(7)9/h4H,2-3H2,1H3,(H3,7,8,9). The van der Waals surface area contributed by atoms with Crippen LogP contribution in [0.1, 0.15) is 13.3 Å². The number of urea groups is 1. The zero-order valence-corrected chi connectivity index (χ0v) is 6.52. The maximum Gasteiger partial charge on any atom is 0.336 e. The van der Waals surface area contributed by atoms with E-state index in [0.29, 0.717) is 0 Å². The maximum atomic E-state index is 10.0. The second kappa shape index (κ2) is 5.32. The van der Waals surface area contributed by atoms with Gasteiger partial charge in [-0.25, -0.2) is 10.3 Å². The number of hydrogen-bond acceptors (Lipinski definition) is 2. The summed E-state index contributed by atoms with van der Waals surface area (Å²) in [4.78, 5) is 14.6. The molecule has 0 heterocycles. The van der Waals surface area contributed by atoms with Gasteiger partial charge < -0.3 is 5.73 Å². The predicted octanol–water partition coefficient (Wildman–Crippen LogP) is 0.604. The minimum absolute atomic E-state index is 0.0770. The van der Waals surface area contributed by atoms with Gasteiger partial charge in [0.25, 0.3) is 0 Å². The summed E-state index contributed by atoms with van der Waals surface area (Å²) in [6.45, 7) is 2.20. The molecular formula is C5H11ClN2O2. The Morgan fingerprint density at radius 2 is 2.50 bits per heavy atom. The van der Waals surface area contributed by atoms with Crippen LogP contribution in [0.5, 0.6) is 0 Å². The smallest absolute Gasteiger partial charge is 0.336 e. The second-order valence-corrected chi connectivity index (χ2v) is 2.40. The van der Waals surface area contributed by atoms with Crippen LogP contribution in [0.25, 0.3) is 0 Å². The molecule has 0 saturated heterocycles. The average Bonchev–Trinajstić information content (AvgIpc) is 1.87. The van der Waals surface area contributed by atoms with Crippen LogP contribution in [-0.2, 0) is 4.84 Å². The Labute approximate surface area is 64.6 Å². The number of hydrogen-bond donors (Lipinski definition) is 2. The number of halogens is 1. The van der Waals surface area contributed by atoms with Crippen molar-refractivity contribution in [3.05, 3.63) is 0 Å². The molecule has 4 nitrogen and oxygen atoms in total. The number of carbonyl (C=O) groups excluding carboxylic acids is 1. The lowest BCUT2D eigenvalue weighted by atomic mass is 10.3. The fourth-order valence-corrected chi connectivity index (χ4v) is 0.384. The molecule has 0 aromatic heterocycles. The Kier molecular flexibility index (Phi) is 5.06. The van der Waals surface area contributed by atoms with Crippen LogP contribution in [0.15, 0.2) is 0 Å².